The number of benzene rings is 2. The molecule has 1 nitrogen and oxygen atoms in total. The van der Waals surface area contributed by atoms with Gasteiger partial charge in [0.1, 0.15) is 5.75 Å². The van der Waals surface area contributed by atoms with Crippen LogP contribution in [0.25, 0.3) is 10.8 Å². The number of hydrogen-bond acceptors (Lipinski definition) is 1. The zero-order chi connectivity index (χ0) is 9.38. The van der Waals surface area contributed by atoms with Crippen LogP contribution in [-0.2, 0) is 6.42 Å². The molecule has 3 rings (SSSR count). The lowest BCUT2D eigenvalue weighted by Gasteiger charge is -2.13. The molecule has 1 aliphatic rings. The minimum absolute atomic E-state index is 0.941. The van der Waals surface area contributed by atoms with Crippen molar-refractivity contribution < 1.29 is 4.74 Å². The second kappa shape index (κ2) is 2.88. The summed E-state index contributed by atoms with van der Waals surface area (Å²) in [5.74, 6) is 0.988. The fourth-order valence-corrected chi connectivity index (χ4v) is 1.79. The Morgan fingerprint density at radius 3 is 3.14 bits per heavy atom. The average Bonchev–Trinajstić information content (AvgIpc) is 2.29. The normalized spacial score (nSPS) is 13.7. The van der Waals surface area contributed by atoms with Gasteiger partial charge < -0.3 is 4.74 Å². The maximum absolute atomic E-state index is 5.54. The Morgan fingerprint density at radius 1 is 1.21 bits per heavy atom. The first-order chi connectivity index (χ1) is 6.95. The first-order valence-corrected chi connectivity index (χ1v) is 4.69. The van der Waals surface area contributed by atoms with Gasteiger partial charge in [-0.3, -0.25) is 0 Å². The first-order valence-electron chi connectivity index (χ1n) is 4.69. The van der Waals surface area contributed by atoms with E-state index in [1.807, 2.05) is 24.3 Å². The van der Waals surface area contributed by atoms with E-state index < -0.39 is 0 Å². The fraction of sp³-hybridized carbons (Fsp3) is 0.0769. The second-order valence-corrected chi connectivity index (χ2v) is 3.38. The van der Waals surface area contributed by atoms with Crippen molar-refractivity contribution in [2.45, 2.75) is 6.42 Å². The zero-order valence-electron chi connectivity index (χ0n) is 7.66. The molecule has 2 aromatic carbocycles. The summed E-state index contributed by atoms with van der Waals surface area (Å²) in [6.45, 7) is 0. The molecule has 0 amide bonds. The quantitative estimate of drug-likeness (QED) is 0.606. The van der Waals surface area contributed by atoms with Crippen molar-refractivity contribution in [2.75, 3.05) is 0 Å². The molecule has 0 N–H and O–H groups in total. The van der Waals surface area contributed by atoms with E-state index in [-0.39, 0.29) is 0 Å². The first kappa shape index (κ1) is 7.63. The van der Waals surface area contributed by atoms with Crippen LogP contribution in [0.5, 0.6) is 5.75 Å². The summed E-state index contributed by atoms with van der Waals surface area (Å²) < 4.78 is 5.54. The molecule has 1 radical (unpaired) electrons. The molecule has 1 heteroatoms. The molecule has 0 aliphatic carbocycles. The van der Waals surface area contributed by atoms with Gasteiger partial charge >= 0.3 is 0 Å². The van der Waals surface area contributed by atoms with E-state index in [0.29, 0.717) is 0 Å². The van der Waals surface area contributed by atoms with Crippen molar-refractivity contribution in [1.29, 1.82) is 0 Å². The Labute approximate surface area is 82.6 Å². The Morgan fingerprint density at radius 2 is 2.14 bits per heavy atom. The van der Waals surface area contributed by atoms with Gasteiger partial charge in [0.15, 0.2) is 0 Å². The highest BCUT2D eigenvalue weighted by molar-refractivity contribution is 5.89. The van der Waals surface area contributed by atoms with Crippen molar-refractivity contribution in [3.05, 3.63) is 54.3 Å². The lowest BCUT2D eigenvalue weighted by molar-refractivity contribution is 0.470. The molecule has 1 aliphatic heterocycles. The van der Waals surface area contributed by atoms with Gasteiger partial charge in [0.2, 0.25) is 0 Å². The molecule has 0 aromatic heterocycles. The number of hydrogen-bond donors (Lipinski definition) is 0. The summed E-state index contributed by atoms with van der Waals surface area (Å²) in [5.41, 5.74) is 1.21. The molecular formula is C13H9O. The van der Waals surface area contributed by atoms with Crippen LogP contribution in [0.2, 0.25) is 0 Å². The highest BCUT2D eigenvalue weighted by atomic mass is 16.5. The zero-order valence-corrected chi connectivity index (χ0v) is 7.66. The summed E-state index contributed by atoms with van der Waals surface area (Å²) in [4.78, 5) is 0. The predicted molar refractivity (Wildman–Crippen MR) is 56.3 cm³/mol. The summed E-state index contributed by atoms with van der Waals surface area (Å²) in [5, 5.41) is 2.26. The Balaban J connectivity index is 2.37. The van der Waals surface area contributed by atoms with E-state index >= 15 is 0 Å². The predicted octanol–water partition coefficient (Wildman–Crippen LogP) is 3.09. The molecule has 0 unspecified atom stereocenters. The number of fused-ring (bicyclic) bond motifs is 3. The lowest BCUT2D eigenvalue weighted by Crippen LogP contribution is -1.96. The summed E-state index contributed by atoms with van der Waals surface area (Å²) in [6.07, 6.45) is 4.72. The standard InChI is InChI=1S/C13H9O/c1-2-6-12-10(4-1)7-8-11-5-3-9-14-13(11)12/h1-4,6,8-9H,5H2. The largest absolute Gasteiger partial charge is 0.464 e. The van der Waals surface area contributed by atoms with E-state index in [1.165, 1.54) is 5.56 Å². The van der Waals surface area contributed by atoms with E-state index in [1.54, 1.807) is 6.26 Å². The second-order valence-electron chi connectivity index (χ2n) is 3.38. The monoisotopic (exact) mass is 181 g/mol. The van der Waals surface area contributed by atoms with Crippen molar-refractivity contribution in [3.63, 3.8) is 0 Å². The van der Waals surface area contributed by atoms with Gasteiger partial charge in [0.25, 0.3) is 0 Å². The van der Waals surface area contributed by atoms with Crippen LogP contribution in [0.1, 0.15) is 5.56 Å². The smallest absolute Gasteiger partial charge is 0.137 e. The fourth-order valence-electron chi connectivity index (χ4n) is 1.79. The number of allylic oxidation sites excluding steroid dienone is 1. The average molecular weight is 181 g/mol. The van der Waals surface area contributed by atoms with E-state index in [2.05, 4.69) is 18.2 Å². The molecule has 2 aromatic rings. The van der Waals surface area contributed by atoms with Gasteiger partial charge in [0, 0.05) is 5.39 Å². The van der Waals surface area contributed by atoms with Gasteiger partial charge in [-0.25, -0.2) is 0 Å². The van der Waals surface area contributed by atoms with Crippen LogP contribution in [0, 0.1) is 6.07 Å². The van der Waals surface area contributed by atoms with Gasteiger partial charge in [0.05, 0.1) is 6.26 Å². The molecule has 0 fully saturated rings. The van der Waals surface area contributed by atoms with Crippen molar-refractivity contribution in [1.82, 2.24) is 0 Å². The third-order valence-corrected chi connectivity index (χ3v) is 2.49. The summed E-state index contributed by atoms with van der Waals surface area (Å²) >= 11 is 0. The summed E-state index contributed by atoms with van der Waals surface area (Å²) in [7, 11) is 0. The maximum Gasteiger partial charge on any atom is 0.137 e. The highest BCUT2D eigenvalue weighted by Gasteiger charge is 2.09. The molecule has 14 heavy (non-hydrogen) atoms. The molecule has 67 valence electrons. The van der Waals surface area contributed by atoms with E-state index in [0.717, 1.165) is 22.9 Å². The SMILES string of the molecule is [c]1cc2c(c3ccccc13)OC=CC2. The van der Waals surface area contributed by atoms with Crippen LogP contribution in [0.15, 0.2) is 42.7 Å². The van der Waals surface area contributed by atoms with Crippen LogP contribution in [-0.4, -0.2) is 0 Å². The van der Waals surface area contributed by atoms with Gasteiger partial charge in [-0.1, -0.05) is 24.3 Å². The minimum Gasteiger partial charge on any atom is -0.464 e. The van der Waals surface area contributed by atoms with Crippen molar-refractivity contribution >= 4 is 10.8 Å². The molecule has 0 saturated carbocycles. The van der Waals surface area contributed by atoms with Crippen LogP contribution in [0.3, 0.4) is 0 Å². The topological polar surface area (TPSA) is 9.23 Å². The highest BCUT2D eigenvalue weighted by Crippen LogP contribution is 2.31. The maximum atomic E-state index is 5.54. The number of ether oxygens (including phenoxy) is 1. The van der Waals surface area contributed by atoms with Gasteiger partial charge in [-0.2, -0.15) is 0 Å². The third-order valence-electron chi connectivity index (χ3n) is 2.49. The van der Waals surface area contributed by atoms with Crippen LogP contribution >= 0.6 is 0 Å². The molecule has 0 saturated heterocycles. The molecule has 1 heterocycles. The van der Waals surface area contributed by atoms with Crippen molar-refractivity contribution in [3.8, 4) is 5.75 Å². The lowest BCUT2D eigenvalue weighted by atomic mass is 10.0. The van der Waals surface area contributed by atoms with Gasteiger partial charge in [-0.15, -0.1) is 0 Å². The van der Waals surface area contributed by atoms with Crippen LogP contribution in [0.4, 0.5) is 0 Å². The molecule has 0 atom stereocenters. The molecular weight excluding hydrogens is 172 g/mol. The Bertz CT molecular complexity index is 512. The summed E-state index contributed by atoms with van der Waals surface area (Å²) in [6, 6.07) is 13.4. The number of rotatable bonds is 0. The minimum atomic E-state index is 0.941. The molecule has 0 bridgehead atoms. The third kappa shape index (κ3) is 1.02. The van der Waals surface area contributed by atoms with E-state index in [4.69, 9.17) is 4.74 Å². The molecule has 0 spiro atoms. The Kier molecular flexibility index (Phi) is 1.57. The van der Waals surface area contributed by atoms with E-state index in [9.17, 15) is 0 Å². The Hall–Kier alpha value is -1.76. The van der Waals surface area contributed by atoms with Crippen molar-refractivity contribution in [2.24, 2.45) is 0 Å². The van der Waals surface area contributed by atoms with Crippen LogP contribution < -0.4 is 4.74 Å². The van der Waals surface area contributed by atoms with Gasteiger partial charge in [-0.05, 0) is 35.6 Å².